The topological polar surface area (TPSA) is 113 Å². The van der Waals surface area contributed by atoms with Crippen LogP contribution in [0, 0.1) is 6.92 Å². The molecule has 1 aromatic heterocycles. The highest BCUT2D eigenvalue weighted by Crippen LogP contribution is 2.32. The third-order valence-corrected chi connectivity index (χ3v) is 8.46. The first-order valence-electron chi connectivity index (χ1n) is 12.7. The van der Waals surface area contributed by atoms with Gasteiger partial charge >= 0.3 is 0 Å². The second-order valence-corrected chi connectivity index (χ2v) is 12.2. The number of amides is 2. The number of carbonyl (C=O) groups is 2. The summed E-state index contributed by atoms with van der Waals surface area (Å²) in [6.45, 7) is 2.39. The molecule has 0 aliphatic carbocycles. The van der Waals surface area contributed by atoms with Crippen molar-refractivity contribution in [2.45, 2.75) is 13.3 Å². The summed E-state index contributed by atoms with van der Waals surface area (Å²) >= 11 is 0. The average molecular weight is 547 g/mol. The van der Waals surface area contributed by atoms with Gasteiger partial charge in [0.25, 0.3) is 11.9 Å². The van der Waals surface area contributed by atoms with Gasteiger partial charge < -0.3 is 19.5 Å². The average Bonchev–Trinajstić information content (AvgIpc) is 3.31. The Bertz CT molecular complexity index is 1650. The van der Waals surface area contributed by atoms with Crippen LogP contribution in [0.25, 0.3) is 22.2 Å². The summed E-state index contributed by atoms with van der Waals surface area (Å²) in [6.07, 6.45) is 0.221. The lowest BCUT2D eigenvalue weighted by atomic mass is 10.0. The molecule has 0 bridgehead atoms. The fraction of sp³-hybridized carbons (Fsp3) is 0.276. The number of nitrogens with one attached hydrogen (secondary N) is 1. The van der Waals surface area contributed by atoms with E-state index in [-0.39, 0.29) is 42.8 Å². The predicted molar refractivity (Wildman–Crippen MR) is 151 cm³/mol. The van der Waals surface area contributed by atoms with Gasteiger partial charge in [0.15, 0.2) is 15.4 Å². The fourth-order valence-corrected chi connectivity index (χ4v) is 5.83. The highest BCUT2D eigenvalue weighted by molar-refractivity contribution is 7.91. The molecule has 0 unspecified atom stereocenters. The van der Waals surface area contributed by atoms with Crippen LogP contribution in [0.2, 0.25) is 0 Å². The van der Waals surface area contributed by atoms with Crippen LogP contribution < -0.4 is 5.32 Å². The molecule has 2 heterocycles. The van der Waals surface area contributed by atoms with Crippen LogP contribution in [0.1, 0.15) is 21.5 Å². The summed E-state index contributed by atoms with van der Waals surface area (Å²) in [6, 6.07) is 19.3. The van der Waals surface area contributed by atoms with Crippen LogP contribution in [0.4, 0.5) is 11.7 Å². The van der Waals surface area contributed by atoms with Gasteiger partial charge in [-0.25, -0.2) is 8.42 Å². The molecule has 2 amide bonds. The smallest absolute Gasteiger partial charge is 0.300 e. The van der Waals surface area contributed by atoms with E-state index in [9.17, 15) is 18.0 Å². The van der Waals surface area contributed by atoms with Gasteiger partial charge in [-0.05, 0) is 47.9 Å². The van der Waals surface area contributed by atoms with Crippen LogP contribution in [0.3, 0.4) is 0 Å². The molecule has 0 atom stereocenters. The minimum atomic E-state index is -3.03. The number of sulfone groups is 1. The monoisotopic (exact) mass is 546 g/mol. The number of aryl methyl sites for hydroxylation is 1. The number of para-hydroxylation sites is 1. The van der Waals surface area contributed by atoms with Crippen LogP contribution in [0.5, 0.6) is 0 Å². The molecule has 3 aromatic carbocycles. The maximum absolute atomic E-state index is 12.6. The van der Waals surface area contributed by atoms with E-state index in [4.69, 9.17) is 4.42 Å². The molecule has 10 heteroatoms. The van der Waals surface area contributed by atoms with Crippen molar-refractivity contribution in [3.63, 3.8) is 0 Å². The van der Waals surface area contributed by atoms with Crippen molar-refractivity contribution in [3.8, 4) is 11.1 Å². The molecule has 202 valence electrons. The Hall–Kier alpha value is -4.18. The number of carbonyl (C=O) groups excluding carboxylic acids is 2. The van der Waals surface area contributed by atoms with E-state index in [1.54, 1.807) is 30.0 Å². The van der Waals surface area contributed by atoms with Gasteiger partial charge in [-0.3, -0.25) is 9.59 Å². The van der Waals surface area contributed by atoms with Gasteiger partial charge in [0, 0.05) is 44.0 Å². The highest BCUT2D eigenvalue weighted by atomic mass is 32.2. The van der Waals surface area contributed by atoms with E-state index in [1.807, 2.05) is 61.5 Å². The normalized spacial score (nSPS) is 14.8. The summed E-state index contributed by atoms with van der Waals surface area (Å²) in [7, 11) is 0.421. The summed E-state index contributed by atoms with van der Waals surface area (Å²) in [5, 5.41) is 3.19. The quantitative estimate of drug-likeness (QED) is 0.388. The van der Waals surface area contributed by atoms with Gasteiger partial charge in [0.05, 0.1) is 17.9 Å². The van der Waals surface area contributed by atoms with E-state index >= 15 is 0 Å². The van der Waals surface area contributed by atoms with Gasteiger partial charge in [0.2, 0.25) is 5.91 Å². The van der Waals surface area contributed by atoms with Crippen molar-refractivity contribution >= 4 is 44.5 Å². The molecule has 4 aromatic rings. The van der Waals surface area contributed by atoms with Crippen LogP contribution in [-0.2, 0) is 21.1 Å². The van der Waals surface area contributed by atoms with Gasteiger partial charge in [0.1, 0.15) is 5.52 Å². The number of anilines is 2. The minimum absolute atomic E-state index is 0.0246. The van der Waals surface area contributed by atoms with Crippen molar-refractivity contribution < 1.29 is 22.4 Å². The molecule has 1 saturated heterocycles. The summed E-state index contributed by atoms with van der Waals surface area (Å²) < 4.78 is 29.4. The van der Waals surface area contributed by atoms with Gasteiger partial charge in [-0.15, -0.1) is 0 Å². The molecule has 1 aliphatic heterocycles. The lowest BCUT2D eigenvalue weighted by Gasteiger charge is -2.26. The van der Waals surface area contributed by atoms with Gasteiger partial charge in [-0.2, -0.15) is 4.98 Å². The lowest BCUT2D eigenvalue weighted by molar-refractivity contribution is -0.130. The Kier molecular flexibility index (Phi) is 7.14. The third kappa shape index (κ3) is 5.80. The van der Waals surface area contributed by atoms with Crippen molar-refractivity contribution in [1.82, 2.24) is 14.8 Å². The van der Waals surface area contributed by atoms with E-state index in [2.05, 4.69) is 10.3 Å². The van der Waals surface area contributed by atoms with Crippen molar-refractivity contribution in [1.29, 1.82) is 0 Å². The summed E-state index contributed by atoms with van der Waals surface area (Å²) in [4.78, 5) is 32.7. The van der Waals surface area contributed by atoms with E-state index < -0.39 is 9.84 Å². The van der Waals surface area contributed by atoms with Crippen molar-refractivity contribution in [3.05, 3.63) is 77.4 Å². The number of hydrogen-bond acceptors (Lipinski definition) is 7. The second-order valence-electron chi connectivity index (χ2n) is 9.93. The summed E-state index contributed by atoms with van der Waals surface area (Å²) in [5.74, 6) is -0.0732. The maximum atomic E-state index is 12.6. The van der Waals surface area contributed by atoms with E-state index in [0.29, 0.717) is 22.7 Å². The fourth-order valence-electron chi connectivity index (χ4n) is 4.63. The first-order chi connectivity index (χ1) is 18.6. The molecular weight excluding hydrogens is 516 g/mol. The Morgan fingerprint density at radius 2 is 1.74 bits per heavy atom. The van der Waals surface area contributed by atoms with Crippen molar-refractivity contribution in [2.75, 3.05) is 44.0 Å². The van der Waals surface area contributed by atoms with Crippen LogP contribution >= 0.6 is 0 Å². The molecule has 0 spiro atoms. The first-order valence-corrected chi connectivity index (χ1v) is 14.5. The number of fused-ring (bicyclic) bond motifs is 1. The second kappa shape index (κ2) is 10.5. The molecule has 39 heavy (non-hydrogen) atoms. The Morgan fingerprint density at radius 1 is 1.03 bits per heavy atom. The third-order valence-electron chi connectivity index (χ3n) is 6.85. The van der Waals surface area contributed by atoms with Crippen LogP contribution in [-0.4, -0.2) is 73.7 Å². The van der Waals surface area contributed by atoms with E-state index in [1.165, 1.54) is 0 Å². The van der Waals surface area contributed by atoms with Gasteiger partial charge in [-0.1, -0.05) is 36.4 Å². The van der Waals surface area contributed by atoms with Crippen LogP contribution in [0.15, 0.2) is 65.1 Å². The number of hydrogen-bond donors (Lipinski definition) is 1. The molecule has 5 rings (SSSR count). The molecule has 0 radical (unpaired) electrons. The standard InChI is InChI=1S/C29H30N4O5S/c1-19-17-22(11-12-23(19)28(35)32(2)3)30-29-31-25-6-4-5-24(27(25)38-29)21-9-7-20(8-10-21)18-26(34)33-13-15-39(36,37)16-14-33/h4-12,17H,13-16,18H2,1-3H3,(H,30,31). The van der Waals surface area contributed by atoms with E-state index in [0.717, 1.165) is 27.9 Å². The predicted octanol–water partition coefficient (Wildman–Crippen LogP) is 4.05. The Labute approximate surface area is 227 Å². The highest BCUT2D eigenvalue weighted by Gasteiger charge is 2.25. The minimum Gasteiger partial charge on any atom is -0.423 e. The molecule has 1 N–H and O–H groups in total. The Balaban J connectivity index is 1.31. The number of rotatable bonds is 6. The zero-order valence-electron chi connectivity index (χ0n) is 22.1. The SMILES string of the molecule is Cc1cc(Nc2nc3cccc(-c4ccc(CC(=O)N5CCS(=O)(=O)CC5)cc4)c3o2)ccc1C(=O)N(C)C. The number of aromatic nitrogens is 1. The Morgan fingerprint density at radius 3 is 2.41 bits per heavy atom. The molecule has 1 fully saturated rings. The number of benzene rings is 3. The largest absolute Gasteiger partial charge is 0.423 e. The molecule has 9 nitrogen and oxygen atoms in total. The lowest BCUT2D eigenvalue weighted by Crippen LogP contribution is -2.44. The maximum Gasteiger partial charge on any atom is 0.300 e. The van der Waals surface area contributed by atoms with Crippen molar-refractivity contribution in [2.24, 2.45) is 0 Å². The molecule has 0 saturated carbocycles. The zero-order chi connectivity index (χ0) is 27.7. The first kappa shape index (κ1) is 26.4. The number of nitrogens with zero attached hydrogens (tertiary/aromatic N) is 3. The number of oxazole rings is 1. The molecular formula is C29H30N4O5S. The summed E-state index contributed by atoms with van der Waals surface area (Å²) in [5.41, 5.74) is 6.23. The molecule has 1 aliphatic rings. The zero-order valence-corrected chi connectivity index (χ0v) is 22.9.